The number of methoxy groups -OCH3 is 2. The van der Waals surface area contributed by atoms with Gasteiger partial charge in [0.25, 0.3) is 0 Å². The van der Waals surface area contributed by atoms with E-state index in [9.17, 15) is 0 Å². The Hall–Kier alpha value is -1.10. The molecule has 0 spiro atoms. The summed E-state index contributed by atoms with van der Waals surface area (Å²) in [6.07, 6.45) is 0.919. The van der Waals surface area contributed by atoms with E-state index in [-0.39, 0.29) is 6.04 Å². The van der Waals surface area contributed by atoms with Crippen LogP contribution in [0.1, 0.15) is 18.1 Å². The number of benzene rings is 1. The van der Waals surface area contributed by atoms with Gasteiger partial charge in [0, 0.05) is 39.0 Å². The van der Waals surface area contributed by atoms with Crippen molar-refractivity contribution in [2.24, 2.45) is 5.73 Å². The minimum absolute atomic E-state index is 0.192. The minimum Gasteiger partial charge on any atom is -0.383 e. The van der Waals surface area contributed by atoms with Crippen LogP contribution in [0.4, 0.5) is 5.69 Å². The predicted molar refractivity (Wildman–Crippen MR) is 84.5 cm³/mol. The van der Waals surface area contributed by atoms with Crippen molar-refractivity contribution in [2.45, 2.75) is 26.3 Å². The summed E-state index contributed by atoms with van der Waals surface area (Å²) in [5.74, 6) is 0. The molecule has 0 aliphatic heterocycles. The second-order valence-electron chi connectivity index (χ2n) is 5.26. The van der Waals surface area contributed by atoms with Gasteiger partial charge in [-0.25, -0.2) is 0 Å². The number of ether oxygens (including phenoxy) is 2. The van der Waals surface area contributed by atoms with Crippen LogP contribution in [0.3, 0.4) is 0 Å². The Balaban J connectivity index is 2.81. The van der Waals surface area contributed by atoms with Crippen LogP contribution >= 0.6 is 0 Å². The number of hydrogen-bond donors (Lipinski definition) is 1. The molecule has 4 nitrogen and oxygen atoms in total. The molecule has 1 atom stereocenters. The SMILES string of the molecule is COCCN(CCOC)c1ccc(CC(C)N)c(C)c1. The van der Waals surface area contributed by atoms with Crippen LogP contribution in [0.25, 0.3) is 0 Å². The molecule has 114 valence electrons. The number of nitrogens with zero attached hydrogens (tertiary/aromatic N) is 1. The molecule has 0 saturated carbocycles. The first-order valence-corrected chi connectivity index (χ1v) is 7.16. The average molecular weight is 280 g/mol. The molecule has 1 aromatic rings. The van der Waals surface area contributed by atoms with Gasteiger partial charge in [-0.3, -0.25) is 0 Å². The van der Waals surface area contributed by atoms with Crippen molar-refractivity contribution in [2.75, 3.05) is 45.4 Å². The van der Waals surface area contributed by atoms with E-state index in [1.54, 1.807) is 14.2 Å². The van der Waals surface area contributed by atoms with Gasteiger partial charge in [0.2, 0.25) is 0 Å². The lowest BCUT2D eigenvalue weighted by Gasteiger charge is -2.25. The van der Waals surface area contributed by atoms with E-state index >= 15 is 0 Å². The Morgan fingerprint density at radius 3 is 2.20 bits per heavy atom. The topological polar surface area (TPSA) is 47.7 Å². The zero-order valence-corrected chi connectivity index (χ0v) is 13.2. The maximum absolute atomic E-state index is 5.88. The summed E-state index contributed by atoms with van der Waals surface area (Å²) < 4.78 is 10.4. The van der Waals surface area contributed by atoms with Crippen LogP contribution in [-0.4, -0.2) is 46.6 Å². The van der Waals surface area contributed by atoms with E-state index in [1.165, 1.54) is 16.8 Å². The third kappa shape index (κ3) is 5.49. The van der Waals surface area contributed by atoms with Gasteiger partial charge in [-0.1, -0.05) is 6.07 Å². The summed E-state index contributed by atoms with van der Waals surface area (Å²) >= 11 is 0. The summed E-state index contributed by atoms with van der Waals surface area (Å²) in [6, 6.07) is 6.76. The molecule has 0 bridgehead atoms. The second kappa shape index (κ2) is 8.95. The number of aryl methyl sites for hydroxylation is 1. The Labute approximate surface area is 122 Å². The Morgan fingerprint density at radius 2 is 1.75 bits per heavy atom. The molecule has 1 rings (SSSR count). The standard InChI is InChI=1S/C16H28N2O2/c1-13-11-16(6-5-15(13)12-14(2)17)18(7-9-19-3)8-10-20-4/h5-6,11,14H,7-10,12,17H2,1-4H3. The van der Waals surface area contributed by atoms with E-state index in [1.807, 2.05) is 6.92 Å². The van der Waals surface area contributed by atoms with Gasteiger partial charge in [-0.15, -0.1) is 0 Å². The summed E-state index contributed by atoms with van der Waals surface area (Å²) in [5.41, 5.74) is 9.70. The van der Waals surface area contributed by atoms with Crippen molar-refractivity contribution < 1.29 is 9.47 Å². The quantitative estimate of drug-likeness (QED) is 0.751. The van der Waals surface area contributed by atoms with Crippen LogP contribution in [0.15, 0.2) is 18.2 Å². The van der Waals surface area contributed by atoms with Gasteiger partial charge in [-0.2, -0.15) is 0 Å². The number of nitrogens with two attached hydrogens (primary N) is 1. The van der Waals surface area contributed by atoms with Crippen LogP contribution in [-0.2, 0) is 15.9 Å². The fraction of sp³-hybridized carbons (Fsp3) is 0.625. The third-order valence-corrected chi connectivity index (χ3v) is 3.36. The lowest BCUT2D eigenvalue weighted by molar-refractivity contribution is 0.190. The van der Waals surface area contributed by atoms with Crippen LogP contribution in [0.5, 0.6) is 0 Å². The van der Waals surface area contributed by atoms with Crippen molar-refractivity contribution in [1.82, 2.24) is 0 Å². The molecule has 0 aromatic heterocycles. The Bertz CT molecular complexity index is 386. The summed E-state index contributed by atoms with van der Waals surface area (Å²) in [5, 5.41) is 0. The maximum Gasteiger partial charge on any atom is 0.0637 e. The second-order valence-corrected chi connectivity index (χ2v) is 5.26. The van der Waals surface area contributed by atoms with Gasteiger partial charge in [0.1, 0.15) is 0 Å². The maximum atomic E-state index is 5.88. The van der Waals surface area contributed by atoms with Crippen molar-refractivity contribution >= 4 is 5.69 Å². The number of anilines is 1. The molecule has 20 heavy (non-hydrogen) atoms. The molecule has 1 unspecified atom stereocenters. The van der Waals surface area contributed by atoms with Crippen molar-refractivity contribution in [3.8, 4) is 0 Å². The Kier molecular flexibility index (Phi) is 7.59. The highest BCUT2D eigenvalue weighted by atomic mass is 16.5. The van der Waals surface area contributed by atoms with Crippen LogP contribution < -0.4 is 10.6 Å². The molecule has 0 aliphatic carbocycles. The Morgan fingerprint density at radius 1 is 1.15 bits per heavy atom. The van der Waals surface area contributed by atoms with E-state index in [0.717, 1.165) is 19.5 Å². The molecule has 1 aromatic carbocycles. The molecule has 2 N–H and O–H groups in total. The van der Waals surface area contributed by atoms with Gasteiger partial charge in [0.15, 0.2) is 0 Å². The van der Waals surface area contributed by atoms with E-state index < -0.39 is 0 Å². The first-order valence-electron chi connectivity index (χ1n) is 7.16. The largest absolute Gasteiger partial charge is 0.383 e. The van der Waals surface area contributed by atoms with Gasteiger partial charge < -0.3 is 20.1 Å². The lowest BCUT2D eigenvalue weighted by Crippen LogP contribution is -2.30. The first kappa shape index (κ1) is 17.0. The van der Waals surface area contributed by atoms with Crippen LogP contribution in [0, 0.1) is 6.92 Å². The molecule has 0 amide bonds. The van der Waals surface area contributed by atoms with Gasteiger partial charge in [-0.05, 0) is 43.5 Å². The molecule has 0 fully saturated rings. The van der Waals surface area contributed by atoms with Crippen molar-refractivity contribution in [1.29, 1.82) is 0 Å². The molecular formula is C16H28N2O2. The highest BCUT2D eigenvalue weighted by Gasteiger charge is 2.09. The monoisotopic (exact) mass is 280 g/mol. The van der Waals surface area contributed by atoms with E-state index in [0.29, 0.717) is 13.2 Å². The minimum atomic E-state index is 0.192. The summed E-state index contributed by atoms with van der Waals surface area (Å²) in [7, 11) is 3.46. The predicted octanol–water partition coefficient (Wildman–Crippen LogP) is 1.98. The highest BCUT2D eigenvalue weighted by Crippen LogP contribution is 2.20. The normalized spacial score (nSPS) is 12.4. The number of hydrogen-bond acceptors (Lipinski definition) is 4. The molecular weight excluding hydrogens is 252 g/mol. The highest BCUT2D eigenvalue weighted by molar-refractivity contribution is 5.51. The fourth-order valence-corrected chi connectivity index (χ4v) is 2.23. The van der Waals surface area contributed by atoms with Gasteiger partial charge >= 0.3 is 0 Å². The smallest absolute Gasteiger partial charge is 0.0637 e. The van der Waals surface area contributed by atoms with Crippen LogP contribution in [0.2, 0.25) is 0 Å². The molecule has 4 heteroatoms. The zero-order valence-electron chi connectivity index (χ0n) is 13.2. The first-order chi connectivity index (χ1) is 9.58. The lowest BCUT2D eigenvalue weighted by atomic mass is 10.0. The zero-order chi connectivity index (χ0) is 15.0. The molecule has 0 aliphatic rings. The van der Waals surface area contributed by atoms with E-state index in [2.05, 4.69) is 30.0 Å². The fourth-order valence-electron chi connectivity index (χ4n) is 2.23. The van der Waals surface area contributed by atoms with E-state index in [4.69, 9.17) is 15.2 Å². The third-order valence-electron chi connectivity index (χ3n) is 3.36. The molecule has 0 saturated heterocycles. The van der Waals surface area contributed by atoms with Gasteiger partial charge in [0.05, 0.1) is 13.2 Å². The molecule has 0 radical (unpaired) electrons. The summed E-state index contributed by atoms with van der Waals surface area (Å²) in [6.45, 7) is 7.34. The number of rotatable bonds is 9. The molecule has 0 heterocycles. The summed E-state index contributed by atoms with van der Waals surface area (Å²) in [4.78, 5) is 2.29. The van der Waals surface area contributed by atoms with Crippen molar-refractivity contribution in [3.63, 3.8) is 0 Å². The van der Waals surface area contributed by atoms with Crippen molar-refractivity contribution in [3.05, 3.63) is 29.3 Å². The average Bonchev–Trinajstić information content (AvgIpc) is 2.41.